The number of hydrogen-bond acceptors (Lipinski definition) is 4. The Kier molecular flexibility index (Phi) is 4.22. The molecule has 0 aromatic carbocycles. The number of rotatable bonds is 3. The van der Waals surface area contributed by atoms with E-state index < -0.39 is 0 Å². The first-order valence-electron chi connectivity index (χ1n) is 8.24. The SMILES string of the molecule is Cc1nn(C)c(N2CCOC3CCCCC32)c1CC(C)N. The first kappa shape index (κ1) is 14.9. The largest absolute Gasteiger partial charge is 0.374 e. The number of fused-ring (bicyclic) bond motifs is 1. The Labute approximate surface area is 127 Å². The van der Waals surface area contributed by atoms with Crippen LogP contribution >= 0.6 is 0 Å². The minimum absolute atomic E-state index is 0.162. The van der Waals surface area contributed by atoms with E-state index in [1.165, 1.54) is 37.1 Å². The van der Waals surface area contributed by atoms with E-state index in [2.05, 4.69) is 30.9 Å². The van der Waals surface area contributed by atoms with Crippen molar-refractivity contribution in [2.24, 2.45) is 12.8 Å². The van der Waals surface area contributed by atoms with Crippen LogP contribution in [0.4, 0.5) is 5.82 Å². The van der Waals surface area contributed by atoms with Crippen LogP contribution in [0.1, 0.15) is 43.9 Å². The van der Waals surface area contributed by atoms with Crippen LogP contribution in [0.2, 0.25) is 0 Å². The van der Waals surface area contributed by atoms with Gasteiger partial charge in [-0.25, -0.2) is 0 Å². The molecule has 0 spiro atoms. The van der Waals surface area contributed by atoms with Gasteiger partial charge in [-0.05, 0) is 33.1 Å². The van der Waals surface area contributed by atoms with Crippen LogP contribution in [-0.4, -0.2) is 41.1 Å². The van der Waals surface area contributed by atoms with Crippen LogP contribution in [0.5, 0.6) is 0 Å². The summed E-state index contributed by atoms with van der Waals surface area (Å²) >= 11 is 0. The van der Waals surface area contributed by atoms with Crippen molar-refractivity contribution >= 4 is 5.82 Å². The zero-order valence-electron chi connectivity index (χ0n) is 13.5. The lowest BCUT2D eigenvalue weighted by atomic mass is 9.89. The predicted octanol–water partition coefficient (Wildman–Crippen LogP) is 1.77. The van der Waals surface area contributed by atoms with Crippen molar-refractivity contribution in [3.05, 3.63) is 11.3 Å². The highest BCUT2D eigenvalue weighted by Crippen LogP contribution is 2.34. The lowest BCUT2D eigenvalue weighted by molar-refractivity contribution is -0.00930. The van der Waals surface area contributed by atoms with E-state index in [0.29, 0.717) is 12.1 Å². The number of aromatic nitrogens is 2. The van der Waals surface area contributed by atoms with Crippen LogP contribution in [0.3, 0.4) is 0 Å². The molecule has 1 aromatic heterocycles. The molecule has 2 heterocycles. The van der Waals surface area contributed by atoms with E-state index in [4.69, 9.17) is 10.5 Å². The fourth-order valence-corrected chi connectivity index (χ4v) is 3.97. The van der Waals surface area contributed by atoms with Gasteiger partial charge in [0.05, 0.1) is 24.4 Å². The van der Waals surface area contributed by atoms with Gasteiger partial charge in [0, 0.05) is 25.2 Å². The summed E-state index contributed by atoms with van der Waals surface area (Å²) in [6.07, 6.45) is 6.31. The van der Waals surface area contributed by atoms with Crippen LogP contribution in [0.25, 0.3) is 0 Å². The Balaban J connectivity index is 1.94. The summed E-state index contributed by atoms with van der Waals surface area (Å²) in [6, 6.07) is 0.670. The third-order valence-corrected chi connectivity index (χ3v) is 4.84. The quantitative estimate of drug-likeness (QED) is 0.922. The van der Waals surface area contributed by atoms with E-state index in [9.17, 15) is 0 Å². The van der Waals surface area contributed by atoms with E-state index in [1.54, 1.807) is 0 Å². The zero-order valence-corrected chi connectivity index (χ0v) is 13.5. The molecular formula is C16H28N4O. The number of nitrogens with two attached hydrogens (primary N) is 1. The molecule has 1 saturated heterocycles. The van der Waals surface area contributed by atoms with Crippen LogP contribution < -0.4 is 10.6 Å². The lowest BCUT2D eigenvalue weighted by Crippen LogP contribution is -2.53. The Hall–Kier alpha value is -1.07. The third-order valence-electron chi connectivity index (χ3n) is 4.84. The molecule has 1 aliphatic heterocycles. The Morgan fingerprint density at radius 3 is 2.90 bits per heavy atom. The maximum atomic E-state index is 6.05. The van der Waals surface area contributed by atoms with Crippen molar-refractivity contribution in [1.82, 2.24) is 9.78 Å². The minimum Gasteiger partial charge on any atom is -0.374 e. The van der Waals surface area contributed by atoms with Gasteiger partial charge in [0.2, 0.25) is 0 Å². The molecule has 1 aromatic rings. The molecule has 1 saturated carbocycles. The van der Waals surface area contributed by atoms with Crippen molar-refractivity contribution in [1.29, 1.82) is 0 Å². The molecule has 5 nitrogen and oxygen atoms in total. The maximum absolute atomic E-state index is 6.05. The van der Waals surface area contributed by atoms with Gasteiger partial charge in [0.15, 0.2) is 0 Å². The average Bonchev–Trinajstić information content (AvgIpc) is 2.72. The number of morpholine rings is 1. The zero-order chi connectivity index (χ0) is 15.0. The standard InChI is InChI=1S/C16H28N4O/c1-11(17)10-13-12(2)18-19(3)16(13)20-8-9-21-15-7-5-4-6-14(15)20/h11,14-15H,4-10,17H2,1-3H3. The van der Waals surface area contributed by atoms with Crippen LogP contribution in [0, 0.1) is 6.92 Å². The van der Waals surface area contributed by atoms with Gasteiger partial charge < -0.3 is 15.4 Å². The van der Waals surface area contributed by atoms with Gasteiger partial charge in [-0.2, -0.15) is 5.10 Å². The van der Waals surface area contributed by atoms with Crippen molar-refractivity contribution in [3.8, 4) is 0 Å². The monoisotopic (exact) mass is 292 g/mol. The Morgan fingerprint density at radius 2 is 2.14 bits per heavy atom. The number of aryl methyl sites for hydroxylation is 2. The van der Waals surface area contributed by atoms with E-state index in [-0.39, 0.29) is 6.04 Å². The fourth-order valence-electron chi connectivity index (χ4n) is 3.97. The summed E-state index contributed by atoms with van der Waals surface area (Å²) in [4.78, 5) is 2.55. The molecule has 118 valence electrons. The summed E-state index contributed by atoms with van der Waals surface area (Å²) < 4.78 is 8.05. The molecule has 0 radical (unpaired) electrons. The molecule has 21 heavy (non-hydrogen) atoms. The highest BCUT2D eigenvalue weighted by molar-refractivity contribution is 5.52. The smallest absolute Gasteiger partial charge is 0.130 e. The Bertz CT molecular complexity index is 495. The molecule has 0 amide bonds. The average molecular weight is 292 g/mol. The van der Waals surface area contributed by atoms with Crippen molar-refractivity contribution in [3.63, 3.8) is 0 Å². The Morgan fingerprint density at radius 1 is 1.38 bits per heavy atom. The van der Waals surface area contributed by atoms with Gasteiger partial charge >= 0.3 is 0 Å². The molecule has 2 N–H and O–H groups in total. The van der Waals surface area contributed by atoms with Gasteiger partial charge in [-0.3, -0.25) is 4.68 Å². The van der Waals surface area contributed by atoms with Gasteiger partial charge in [-0.1, -0.05) is 12.8 Å². The molecule has 3 unspecified atom stereocenters. The third kappa shape index (κ3) is 2.81. The lowest BCUT2D eigenvalue weighted by Gasteiger charge is -2.45. The molecule has 0 bridgehead atoms. The van der Waals surface area contributed by atoms with Crippen molar-refractivity contribution in [2.45, 2.75) is 64.1 Å². The second kappa shape index (κ2) is 5.97. The summed E-state index contributed by atoms with van der Waals surface area (Å²) in [5.74, 6) is 1.27. The second-order valence-electron chi connectivity index (χ2n) is 6.65. The molecular weight excluding hydrogens is 264 g/mol. The predicted molar refractivity (Wildman–Crippen MR) is 84.6 cm³/mol. The maximum Gasteiger partial charge on any atom is 0.130 e. The number of hydrogen-bond donors (Lipinski definition) is 1. The normalized spacial score (nSPS) is 27.5. The summed E-state index contributed by atoms with van der Waals surface area (Å²) in [6.45, 7) is 5.95. The van der Waals surface area contributed by atoms with Gasteiger partial charge in [0.1, 0.15) is 5.82 Å². The highest BCUT2D eigenvalue weighted by atomic mass is 16.5. The molecule has 2 aliphatic rings. The topological polar surface area (TPSA) is 56.3 Å². The van der Waals surface area contributed by atoms with Gasteiger partial charge in [-0.15, -0.1) is 0 Å². The van der Waals surface area contributed by atoms with E-state index in [0.717, 1.165) is 25.3 Å². The van der Waals surface area contributed by atoms with E-state index >= 15 is 0 Å². The van der Waals surface area contributed by atoms with Crippen molar-refractivity contribution < 1.29 is 4.74 Å². The first-order chi connectivity index (χ1) is 10.1. The number of nitrogens with zero attached hydrogens (tertiary/aromatic N) is 3. The second-order valence-corrected chi connectivity index (χ2v) is 6.65. The van der Waals surface area contributed by atoms with Crippen molar-refractivity contribution in [2.75, 3.05) is 18.1 Å². The molecule has 5 heteroatoms. The number of ether oxygens (including phenoxy) is 1. The van der Waals surface area contributed by atoms with Gasteiger partial charge in [0.25, 0.3) is 0 Å². The molecule has 1 aliphatic carbocycles. The number of anilines is 1. The molecule has 2 fully saturated rings. The molecule has 3 atom stereocenters. The van der Waals surface area contributed by atoms with Crippen LogP contribution in [0.15, 0.2) is 0 Å². The summed E-state index contributed by atoms with van der Waals surface area (Å²) in [5, 5.41) is 4.66. The minimum atomic E-state index is 0.162. The first-order valence-corrected chi connectivity index (χ1v) is 8.24. The molecule has 3 rings (SSSR count). The fraction of sp³-hybridized carbons (Fsp3) is 0.812. The summed E-state index contributed by atoms with van der Waals surface area (Å²) in [7, 11) is 2.06. The highest BCUT2D eigenvalue weighted by Gasteiger charge is 2.36. The van der Waals surface area contributed by atoms with E-state index in [1.807, 2.05) is 4.68 Å². The summed E-state index contributed by atoms with van der Waals surface area (Å²) in [5.41, 5.74) is 8.49. The van der Waals surface area contributed by atoms with Crippen LogP contribution in [-0.2, 0) is 18.2 Å².